The molecule has 0 aliphatic rings. The minimum Gasteiger partial charge on any atom is -0.508 e. The standard InChI is InChI=1S/C14H21NO6/c1-14(2,3)21-13(20)15-7-11(18)12(19)9-6-8(16)4-5-10(9)17/h4-6,11-12,16-19H,7H2,1-3H3,(H,15,20). The second-order valence-corrected chi connectivity index (χ2v) is 5.64. The summed E-state index contributed by atoms with van der Waals surface area (Å²) in [4.78, 5) is 11.4. The number of aliphatic hydroxyl groups excluding tert-OH is 2. The number of ether oxygens (including phenoxy) is 1. The first-order chi connectivity index (χ1) is 9.60. The van der Waals surface area contributed by atoms with E-state index in [2.05, 4.69) is 5.32 Å². The molecular weight excluding hydrogens is 278 g/mol. The van der Waals surface area contributed by atoms with Crippen molar-refractivity contribution in [3.05, 3.63) is 23.8 Å². The average molecular weight is 299 g/mol. The number of nitrogens with one attached hydrogen (secondary N) is 1. The minimum absolute atomic E-state index is 0.0338. The highest BCUT2D eigenvalue weighted by Crippen LogP contribution is 2.29. The number of aromatic hydroxyl groups is 2. The lowest BCUT2D eigenvalue weighted by molar-refractivity contribution is 0.0118. The van der Waals surface area contributed by atoms with Gasteiger partial charge >= 0.3 is 6.09 Å². The van der Waals surface area contributed by atoms with Crippen LogP contribution in [0.15, 0.2) is 18.2 Å². The first kappa shape index (κ1) is 17.1. The van der Waals surface area contributed by atoms with Gasteiger partial charge in [0.15, 0.2) is 0 Å². The second-order valence-electron chi connectivity index (χ2n) is 5.64. The molecule has 21 heavy (non-hydrogen) atoms. The van der Waals surface area contributed by atoms with Crippen LogP contribution in [0.25, 0.3) is 0 Å². The average Bonchev–Trinajstić information content (AvgIpc) is 2.36. The van der Waals surface area contributed by atoms with Crippen molar-refractivity contribution < 1.29 is 30.0 Å². The lowest BCUT2D eigenvalue weighted by Crippen LogP contribution is -2.38. The van der Waals surface area contributed by atoms with Crippen LogP contribution in [-0.4, -0.2) is 44.8 Å². The van der Waals surface area contributed by atoms with Gasteiger partial charge in [-0.25, -0.2) is 4.79 Å². The molecule has 2 atom stereocenters. The SMILES string of the molecule is CC(C)(C)OC(=O)NCC(O)C(O)c1cc(O)ccc1O. The first-order valence-electron chi connectivity index (χ1n) is 6.45. The number of carbonyl (C=O) groups excluding carboxylic acids is 1. The lowest BCUT2D eigenvalue weighted by atomic mass is 10.0. The van der Waals surface area contributed by atoms with Gasteiger partial charge < -0.3 is 30.5 Å². The number of carbonyl (C=O) groups is 1. The molecule has 1 rings (SSSR count). The van der Waals surface area contributed by atoms with Crippen LogP contribution in [0.1, 0.15) is 32.4 Å². The van der Waals surface area contributed by atoms with Gasteiger partial charge in [-0.1, -0.05) is 0 Å². The van der Waals surface area contributed by atoms with E-state index in [1.165, 1.54) is 12.1 Å². The van der Waals surface area contributed by atoms with Gasteiger partial charge in [0, 0.05) is 12.1 Å². The van der Waals surface area contributed by atoms with Crippen molar-refractivity contribution in [2.75, 3.05) is 6.54 Å². The molecule has 0 bridgehead atoms. The van der Waals surface area contributed by atoms with Gasteiger partial charge in [0.25, 0.3) is 0 Å². The van der Waals surface area contributed by atoms with Crippen LogP contribution in [0.3, 0.4) is 0 Å². The molecule has 0 aromatic heterocycles. The molecule has 0 aliphatic heterocycles. The Morgan fingerprint density at radius 3 is 2.48 bits per heavy atom. The zero-order valence-electron chi connectivity index (χ0n) is 12.2. The minimum atomic E-state index is -1.47. The number of phenols is 2. The van der Waals surface area contributed by atoms with Crippen LogP contribution in [-0.2, 0) is 4.74 Å². The van der Waals surface area contributed by atoms with Crippen molar-refractivity contribution in [2.45, 2.75) is 38.6 Å². The monoisotopic (exact) mass is 299 g/mol. The fourth-order valence-electron chi connectivity index (χ4n) is 1.60. The summed E-state index contributed by atoms with van der Waals surface area (Å²) < 4.78 is 4.98. The molecule has 7 nitrogen and oxygen atoms in total. The predicted molar refractivity (Wildman–Crippen MR) is 75.0 cm³/mol. The van der Waals surface area contributed by atoms with Gasteiger partial charge in [-0.3, -0.25) is 0 Å². The van der Waals surface area contributed by atoms with E-state index in [4.69, 9.17) is 4.74 Å². The van der Waals surface area contributed by atoms with E-state index >= 15 is 0 Å². The van der Waals surface area contributed by atoms with E-state index in [-0.39, 0.29) is 23.6 Å². The smallest absolute Gasteiger partial charge is 0.407 e. The van der Waals surface area contributed by atoms with Crippen molar-refractivity contribution in [1.82, 2.24) is 5.32 Å². The Hall–Kier alpha value is -1.99. The van der Waals surface area contributed by atoms with Gasteiger partial charge in [0.2, 0.25) is 0 Å². The van der Waals surface area contributed by atoms with Gasteiger partial charge in [0.05, 0.1) is 0 Å². The molecule has 1 amide bonds. The highest BCUT2D eigenvalue weighted by molar-refractivity contribution is 5.67. The van der Waals surface area contributed by atoms with Crippen LogP contribution in [0.4, 0.5) is 4.79 Å². The maximum Gasteiger partial charge on any atom is 0.407 e. The highest BCUT2D eigenvalue weighted by Gasteiger charge is 2.23. The number of amides is 1. The van der Waals surface area contributed by atoms with Crippen molar-refractivity contribution in [3.63, 3.8) is 0 Å². The number of phenolic OH excluding ortho intramolecular Hbond substituents is 2. The highest BCUT2D eigenvalue weighted by atomic mass is 16.6. The molecule has 1 aromatic carbocycles. The summed E-state index contributed by atoms with van der Waals surface area (Å²) in [6.45, 7) is 4.82. The van der Waals surface area contributed by atoms with E-state index in [9.17, 15) is 25.2 Å². The maximum absolute atomic E-state index is 11.4. The molecular formula is C14H21NO6. The molecule has 7 heteroatoms. The third-order valence-electron chi connectivity index (χ3n) is 2.55. The van der Waals surface area contributed by atoms with Crippen molar-refractivity contribution in [1.29, 1.82) is 0 Å². The molecule has 2 unspecified atom stereocenters. The van der Waals surface area contributed by atoms with E-state index in [0.29, 0.717) is 0 Å². The summed E-state index contributed by atoms with van der Waals surface area (Å²) >= 11 is 0. The van der Waals surface area contributed by atoms with Crippen LogP contribution in [0.2, 0.25) is 0 Å². The zero-order valence-corrected chi connectivity index (χ0v) is 12.2. The lowest BCUT2D eigenvalue weighted by Gasteiger charge is -2.22. The first-order valence-corrected chi connectivity index (χ1v) is 6.45. The Labute approximate surface area is 122 Å². The van der Waals surface area contributed by atoms with Crippen LogP contribution in [0.5, 0.6) is 11.5 Å². The number of alkyl carbamates (subject to hydrolysis) is 1. The normalized spacial score (nSPS) is 14.3. The van der Waals surface area contributed by atoms with E-state index in [0.717, 1.165) is 6.07 Å². The Kier molecular flexibility index (Phi) is 5.40. The van der Waals surface area contributed by atoms with Gasteiger partial charge in [-0.2, -0.15) is 0 Å². The molecule has 0 spiro atoms. The third-order valence-corrected chi connectivity index (χ3v) is 2.55. The van der Waals surface area contributed by atoms with E-state index < -0.39 is 23.9 Å². The molecule has 0 saturated carbocycles. The Morgan fingerprint density at radius 2 is 1.90 bits per heavy atom. The molecule has 0 aliphatic carbocycles. The second kappa shape index (κ2) is 6.64. The van der Waals surface area contributed by atoms with E-state index in [1.54, 1.807) is 20.8 Å². The zero-order chi connectivity index (χ0) is 16.2. The molecule has 0 fully saturated rings. The summed E-state index contributed by atoms with van der Waals surface area (Å²) in [5.74, 6) is -0.425. The van der Waals surface area contributed by atoms with Crippen molar-refractivity contribution >= 4 is 6.09 Å². The fourth-order valence-corrected chi connectivity index (χ4v) is 1.60. The predicted octanol–water partition coefficient (Wildman–Crippen LogP) is 1.02. The number of hydrogen-bond acceptors (Lipinski definition) is 6. The molecule has 5 N–H and O–H groups in total. The van der Waals surface area contributed by atoms with Crippen molar-refractivity contribution in [2.24, 2.45) is 0 Å². The maximum atomic E-state index is 11.4. The van der Waals surface area contributed by atoms with Crippen molar-refractivity contribution in [3.8, 4) is 11.5 Å². The summed E-state index contributed by atoms with van der Waals surface area (Å²) in [6, 6.07) is 3.58. The summed E-state index contributed by atoms with van der Waals surface area (Å²) in [5.41, 5.74) is -0.703. The number of aliphatic hydroxyl groups is 2. The number of benzene rings is 1. The Balaban J connectivity index is 2.61. The Bertz CT molecular complexity index is 497. The molecule has 0 heterocycles. The molecule has 0 saturated heterocycles. The van der Waals surface area contributed by atoms with Crippen LogP contribution in [0, 0.1) is 0 Å². The molecule has 1 aromatic rings. The fraction of sp³-hybridized carbons (Fsp3) is 0.500. The summed E-state index contributed by atoms with van der Waals surface area (Å²) in [7, 11) is 0. The Morgan fingerprint density at radius 1 is 1.29 bits per heavy atom. The molecule has 118 valence electrons. The van der Waals surface area contributed by atoms with Crippen LogP contribution >= 0.6 is 0 Å². The van der Waals surface area contributed by atoms with Gasteiger partial charge in [-0.15, -0.1) is 0 Å². The topological polar surface area (TPSA) is 119 Å². The number of rotatable bonds is 4. The summed E-state index contributed by atoms with van der Waals surface area (Å²) in [5, 5.41) is 41.0. The quantitative estimate of drug-likeness (QED) is 0.529. The third kappa shape index (κ3) is 5.49. The van der Waals surface area contributed by atoms with Gasteiger partial charge in [-0.05, 0) is 39.0 Å². The summed E-state index contributed by atoms with van der Waals surface area (Å²) in [6.07, 6.45) is -3.56. The largest absolute Gasteiger partial charge is 0.508 e. The molecule has 0 radical (unpaired) electrons. The van der Waals surface area contributed by atoms with Gasteiger partial charge in [0.1, 0.15) is 29.3 Å². The number of hydrogen-bond donors (Lipinski definition) is 5. The van der Waals surface area contributed by atoms with Crippen LogP contribution < -0.4 is 5.32 Å². The van der Waals surface area contributed by atoms with E-state index in [1.807, 2.05) is 0 Å².